The van der Waals surface area contributed by atoms with Crippen LogP contribution in [-0.4, -0.2) is 53.1 Å². The van der Waals surface area contributed by atoms with E-state index >= 15 is 0 Å². The molecule has 0 heterocycles. The fourth-order valence-corrected chi connectivity index (χ4v) is 4.32. The molecule has 0 radical (unpaired) electrons. The van der Waals surface area contributed by atoms with Gasteiger partial charge in [0.15, 0.2) is 0 Å². The highest BCUT2D eigenvalue weighted by molar-refractivity contribution is 6.43. The Balaban J connectivity index is 2.20. The average molecular weight is 580 g/mol. The fraction of sp³-hybridized carbons (Fsp3) is 0.444. The lowest BCUT2D eigenvalue weighted by Crippen LogP contribution is -2.58. The number of amides is 3. The summed E-state index contributed by atoms with van der Waals surface area (Å²) in [6.07, 6.45) is -0.462. The largest absolute Gasteiger partial charge is 0.475 e. The van der Waals surface area contributed by atoms with Crippen LogP contribution in [0, 0.1) is 11.8 Å². The van der Waals surface area contributed by atoms with Gasteiger partial charge < -0.3 is 30.7 Å². The van der Waals surface area contributed by atoms with Gasteiger partial charge in [-0.2, -0.15) is 0 Å². The van der Waals surface area contributed by atoms with E-state index in [0.29, 0.717) is 21.2 Å². The van der Waals surface area contributed by atoms with Crippen molar-refractivity contribution in [3.05, 3.63) is 69.7 Å². The summed E-state index contributed by atoms with van der Waals surface area (Å²) in [5.74, 6) is -2.34. The van der Waals surface area contributed by atoms with Crippen molar-refractivity contribution in [3.63, 3.8) is 0 Å². The van der Waals surface area contributed by atoms with Crippen molar-refractivity contribution in [2.24, 2.45) is 11.8 Å². The van der Waals surface area contributed by atoms with Crippen molar-refractivity contribution in [2.75, 3.05) is 0 Å². The number of carbonyl (C=O) groups excluding carboxylic acids is 3. The van der Waals surface area contributed by atoms with E-state index < -0.39 is 43.1 Å². The summed E-state index contributed by atoms with van der Waals surface area (Å²) in [7, 11) is -1.77. The van der Waals surface area contributed by atoms with Gasteiger partial charge in [0.25, 0.3) is 0 Å². The summed E-state index contributed by atoms with van der Waals surface area (Å²) >= 11 is 12.1. The molecule has 3 amide bonds. The molecule has 2 aromatic carbocycles. The van der Waals surface area contributed by atoms with E-state index in [1.54, 1.807) is 62.4 Å². The van der Waals surface area contributed by atoms with Crippen LogP contribution in [0.4, 0.5) is 4.79 Å². The van der Waals surface area contributed by atoms with Gasteiger partial charge in [-0.15, -0.1) is 0 Å². The van der Waals surface area contributed by atoms with E-state index in [-0.39, 0.29) is 31.3 Å². The average Bonchev–Trinajstić information content (AvgIpc) is 2.84. The van der Waals surface area contributed by atoms with Crippen LogP contribution in [0.15, 0.2) is 48.5 Å². The molecule has 39 heavy (non-hydrogen) atoms. The van der Waals surface area contributed by atoms with Crippen LogP contribution >= 0.6 is 23.2 Å². The maximum Gasteiger partial charge on any atom is 0.475 e. The number of nitrogens with one attached hydrogen (secondary N) is 3. The molecule has 9 nitrogen and oxygen atoms in total. The highest BCUT2D eigenvalue weighted by Crippen LogP contribution is 2.15. The van der Waals surface area contributed by atoms with E-state index in [2.05, 4.69) is 16.0 Å². The Kier molecular flexibility index (Phi) is 13.1. The monoisotopic (exact) mass is 579 g/mol. The molecule has 0 aromatic heterocycles. The molecule has 0 spiro atoms. The summed E-state index contributed by atoms with van der Waals surface area (Å²) in [4.78, 5) is 39.2. The Morgan fingerprint density at radius 2 is 1.41 bits per heavy atom. The first-order valence-corrected chi connectivity index (χ1v) is 13.5. The second-order valence-electron chi connectivity index (χ2n) is 10.1. The minimum atomic E-state index is -1.77. The SMILES string of the molecule is CC(C)C[C@H](NC(=O)[C@H](Cc1cccc(Cl)c1)NC(=O)OCc1cccc(Cl)c1)C(=O)N[C@H](B(O)O)C(C)C. The Morgan fingerprint density at radius 3 is 1.95 bits per heavy atom. The predicted molar refractivity (Wildman–Crippen MR) is 152 cm³/mol. The van der Waals surface area contributed by atoms with Gasteiger partial charge in [-0.25, -0.2) is 4.79 Å². The number of rotatable bonds is 13. The Bertz CT molecular complexity index is 1110. The molecule has 0 saturated heterocycles. The van der Waals surface area contributed by atoms with E-state index in [9.17, 15) is 24.4 Å². The zero-order chi connectivity index (χ0) is 29.1. The quantitative estimate of drug-likeness (QED) is 0.230. The van der Waals surface area contributed by atoms with Crippen LogP contribution in [0.3, 0.4) is 0 Å². The van der Waals surface area contributed by atoms with Gasteiger partial charge in [0.05, 0.1) is 5.94 Å². The maximum absolute atomic E-state index is 13.4. The molecule has 0 aliphatic heterocycles. The molecule has 0 saturated carbocycles. The number of carbonyl (C=O) groups is 3. The second-order valence-corrected chi connectivity index (χ2v) is 11.0. The molecule has 2 rings (SSSR count). The van der Waals surface area contributed by atoms with Gasteiger partial charge in [-0.05, 0) is 53.6 Å². The third-order valence-corrected chi connectivity index (χ3v) is 6.36. The minimum Gasteiger partial charge on any atom is -0.445 e. The summed E-state index contributed by atoms with van der Waals surface area (Å²) in [6, 6.07) is 11.6. The smallest absolute Gasteiger partial charge is 0.445 e. The van der Waals surface area contributed by atoms with Crippen LogP contribution in [0.25, 0.3) is 0 Å². The van der Waals surface area contributed by atoms with Crippen LogP contribution in [0.1, 0.15) is 45.2 Å². The molecule has 212 valence electrons. The van der Waals surface area contributed by atoms with Crippen LogP contribution < -0.4 is 16.0 Å². The Labute approximate surface area is 239 Å². The number of hydrogen-bond donors (Lipinski definition) is 5. The number of benzene rings is 2. The predicted octanol–water partition coefficient (Wildman–Crippen LogP) is 3.51. The fourth-order valence-electron chi connectivity index (χ4n) is 3.89. The van der Waals surface area contributed by atoms with Crippen molar-refractivity contribution >= 4 is 48.2 Å². The van der Waals surface area contributed by atoms with E-state index in [0.717, 1.165) is 0 Å². The molecule has 3 atom stereocenters. The van der Waals surface area contributed by atoms with Crippen molar-refractivity contribution < 1.29 is 29.2 Å². The zero-order valence-electron chi connectivity index (χ0n) is 22.5. The first kappa shape index (κ1) is 32.4. The second kappa shape index (κ2) is 15.7. The lowest BCUT2D eigenvalue weighted by Gasteiger charge is -2.27. The molecule has 0 aliphatic carbocycles. The molecule has 5 N–H and O–H groups in total. The van der Waals surface area contributed by atoms with Crippen molar-refractivity contribution in [1.29, 1.82) is 0 Å². The third kappa shape index (κ3) is 11.5. The molecule has 0 unspecified atom stereocenters. The van der Waals surface area contributed by atoms with Crippen molar-refractivity contribution in [2.45, 2.75) is 65.2 Å². The van der Waals surface area contributed by atoms with E-state index in [4.69, 9.17) is 27.9 Å². The van der Waals surface area contributed by atoms with Crippen LogP contribution in [0.2, 0.25) is 10.0 Å². The van der Waals surface area contributed by atoms with Crippen molar-refractivity contribution in [1.82, 2.24) is 16.0 Å². The van der Waals surface area contributed by atoms with Gasteiger partial charge in [0.2, 0.25) is 11.8 Å². The number of halogens is 2. The maximum atomic E-state index is 13.4. The van der Waals surface area contributed by atoms with E-state index in [1.165, 1.54) is 0 Å². The lowest BCUT2D eigenvalue weighted by molar-refractivity contribution is -0.130. The summed E-state index contributed by atoms with van der Waals surface area (Å²) < 4.78 is 5.30. The van der Waals surface area contributed by atoms with Gasteiger partial charge in [-0.1, -0.05) is 75.2 Å². The van der Waals surface area contributed by atoms with Crippen LogP contribution in [-0.2, 0) is 27.4 Å². The number of hydrogen-bond acceptors (Lipinski definition) is 6. The normalized spacial score (nSPS) is 13.4. The topological polar surface area (TPSA) is 137 Å². The zero-order valence-corrected chi connectivity index (χ0v) is 24.0. The molecule has 2 aromatic rings. The standard InChI is InChI=1S/C27H36BCl2N3O6/c1-16(2)11-22(26(35)33-24(17(3)4)28(37)38)31-25(34)23(14-18-7-5-9-20(29)12-18)32-27(36)39-15-19-8-6-10-21(30)13-19/h5-10,12-13,16-17,22-24,37-38H,11,14-15H2,1-4H3,(H,31,34)(H,32,36)(H,33,35)/t22-,23-,24-/m0/s1. The number of alkyl carbamates (subject to hydrolysis) is 1. The first-order chi connectivity index (χ1) is 18.3. The molecule has 12 heteroatoms. The van der Waals surface area contributed by atoms with E-state index in [1.807, 2.05) is 13.8 Å². The molecular weight excluding hydrogens is 544 g/mol. The Hall–Kier alpha value is -2.79. The number of ether oxygens (including phenoxy) is 1. The van der Waals surface area contributed by atoms with Crippen molar-refractivity contribution in [3.8, 4) is 0 Å². The highest BCUT2D eigenvalue weighted by atomic mass is 35.5. The summed E-state index contributed by atoms with van der Waals surface area (Å²) in [5.41, 5.74) is 1.36. The van der Waals surface area contributed by atoms with Gasteiger partial charge in [0.1, 0.15) is 18.7 Å². The first-order valence-electron chi connectivity index (χ1n) is 12.7. The van der Waals surface area contributed by atoms with Gasteiger partial charge in [-0.3, -0.25) is 9.59 Å². The molecule has 0 fully saturated rings. The van der Waals surface area contributed by atoms with Gasteiger partial charge in [0, 0.05) is 16.5 Å². The summed E-state index contributed by atoms with van der Waals surface area (Å²) in [5, 5.41) is 28.2. The molecule has 0 bridgehead atoms. The highest BCUT2D eigenvalue weighted by Gasteiger charge is 2.33. The van der Waals surface area contributed by atoms with Crippen LogP contribution in [0.5, 0.6) is 0 Å². The third-order valence-electron chi connectivity index (χ3n) is 5.88. The summed E-state index contributed by atoms with van der Waals surface area (Å²) in [6.45, 7) is 7.20. The minimum absolute atomic E-state index is 0.0274. The lowest BCUT2D eigenvalue weighted by atomic mass is 9.73. The van der Waals surface area contributed by atoms with Gasteiger partial charge >= 0.3 is 13.2 Å². The Morgan fingerprint density at radius 1 is 0.846 bits per heavy atom. The molecular formula is C27H36BCl2N3O6. The molecule has 0 aliphatic rings.